The molecule has 0 unspecified atom stereocenters. The molecular formula is C15H20ClN3OS. The van der Waals surface area contributed by atoms with E-state index in [1.807, 2.05) is 6.07 Å². The lowest BCUT2D eigenvalue weighted by Gasteiger charge is -2.17. The van der Waals surface area contributed by atoms with Crippen LogP contribution in [-0.4, -0.2) is 17.4 Å². The van der Waals surface area contributed by atoms with Gasteiger partial charge in [0.05, 0.1) is 20.9 Å². The van der Waals surface area contributed by atoms with E-state index in [1.165, 1.54) is 11.3 Å². The number of thiazole rings is 1. The van der Waals surface area contributed by atoms with Crippen LogP contribution in [-0.2, 0) is 4.79 Å². The Morgan fingerprint density at radius 2 is 2.24 bits per heavy atom. The van der Waals surface area contributed by atoms with Gasteiger partial charge in [-0.1, -0.05) is 25.4 Å². The lowest BCUT2D eigenvalue weighted by molar-refractivity contribution is -0.117. The molecule has 4 nitrogen and oxygen atoms in total. The second kappa shape index (κ2) is 7.20. The number of hydrogen-bond acceptors (Lipinski definition) is 4. The van der Waals surface area contributed by atoms with Crippen LogP contribution in [0.2, 0.25) is 5.02 Å². The average Bonchev–Trinajstić information content (AvgIpc) is 2.89. The van der Waals surface area contributed by atoms with Gasteiger partial charge in [-0.2, -0.15) is 0 Å². The lowest BCUT2D eigenvalue weighted by atomic mass is 9.94. The van der Waals surface area contributed by atoms with Gasteiger partial charge in [0.25, 0.3) is 0 Å². The van der Waals surface area contributed by atoms with Crippen molar-refractivity contribution in [2.45, 2.75) is 26.7 Å². The first-order valence-corrected chi connectivity index (χ1v) is 8.28. The molecule has 1 aromatic heterocycles. The number of fused-ring (bicyclic) bond motifs is 1. The van der Waals surface area contributed by atoms with Crippen molar-refractivity contribution >= 4 is 44.7 Å². The van der Waals surface area contributed by atoms with E-state index < -0.39 is 0 Å². The van der Waals surface area contributed by atoms with Gasteiger partial charge in [0.1, 0.15) is 5.52 Å². The maximum Gasteiger partial charge on any atom is 0.224 e. The molecule has 3 N–H and O–H groups in total. The zero-order valence-electron chi connectivity index (χ0n) is 12.2. The predicted molar refractivity (Wildman–Crippen MR) is 89.9 cm³/mol. The van der Waals surface area contributed by atoms with Crippen LogP contribution in [0, 0.1) is 11.8 Å². The number of benzene rings is 1. The molecule has 0 aliphatic carbocycles. The molecule has 0 aliphatic rings. The molecular weight excluding hydrogens is 306 g/mol. The number of rotatable bonds is 6. The highest BCUT2D eigenvalue weighted by atomic mass is 35.5. The number of anilines is 1. The van der Waals surface area contributed by atoms with E-state index in [2.05, 4.69) is 24.1 Å². The van der Waals surface area contributed by atoms with Crippen molar-refractivity contribution < 1.29 is 4.79 Å². The van der Waals surface area contributed by atoms with Crippen molar-refractivity contribution in [1.82, 2.24) is 4.98 Å². The number of nitrogens with one attached hydrogen (secondary N) is 1. The summed E-state index contributed by atoms with van der Waals surface area (Å²) in [6, 6.07) is 3.69. The Balaban J connectivity index is 2.10. The molecule has 2 rings (SSSR count). The second-order valence-corrected chi connectivity index (χ2v) is 6.90. The average molecular weight is 326 g/mol. The van der Waals surface area contributed by atoms with Crippen LogP contribution in [0.1, 0.15) is 26.7 Å². The van der Waals surface area contributed by atoms with Crippen LogP contribution in [0.5, 0.6) is 0 Å². The van der Waals surface area contributed by atoms with Gasteiger partial charge in [0.2, 0.25) is 5.91 Å². The SMILES string of the molecule is CC(C)C[C@H](CN)CC(=O)Nc1c(Cl)ccc2scnc12. The zero-order chi connectivity index (χ0) is 15.4. The number of aromatic nitrogens is 1. The zero-order valence-corrected chi connectivity index (χ0v) is 13.8. The maximum atomic E-state index is 12.2. The van der Waals surface area contributed by atoms with Gasteiger partial charge < -0.3 is 11.1 Å². The minimum Gasteiger partial charge on any atom is -0.330 e. The Hall–Kier alpha value is -1.17. The van der Waals surface area contributed by atoms with E-state index in [0.29, 0.717) is 29.6 Å². The fraction of sp³-hybridized carbons (Fsp3) is 0.467. The fourth-order valence-corrected chi connectivity index (χ4v) is 3.29. The number of halogens is 1. The quantitative estimate of drug-likeness (QED) is 0.846. The van der Waals surface area contributed by atoms with E-state index in [9.17, 15) is 4.79 Å². The Bertz CT molecular complexity index is 626. The highest BCUT2D eigenvalue weighted by molar-refractivity contribution is 7.16. The Morgan fingerprint density at radius 3 is 2.90 bits per heavy atom. The molecule has 0 aliphatic heterocycles. The lowest BCUT2D eigenvalue weighted by Crippen LogP contribution is -2.23. The van der Waals surface area contributed by atoms with E-state index in [1.54, 1.807) is 11.6 Å². The van der Waals surface area contributed by atoms with E-state index in [-0.39, 0.29) is 11.8 Å². The molecule has 0 bridgehead atoms. The normalized spacial score (nSPS) is 12.8. The first kappa shape index (κ1) is 16.2. The van der Waals surface area contributed by atoms with Crippen molar-refractivity contribution in [2.24, 2.45) is 17.6 Å². The summed E-state index contributed by atoms with van der Waals surface area (Å²) >= 11 is 7.71. The van der Waals surface area contributed by atoms with Crippen LogP contribution < -0.4 is 11.1 Å². The van der Waals surface area contributed by atoms with Crippen molar-refractivity contribution in [2.75, 3.05) is 11.9 Å². The van der Waals surface area contributed by atoms with Crippen LogP contribution in [0.25, 0.3) is 10.2 Å². The molecule has 1 aromatic carbocycles. The fourth-order valence-electron chi connectivity index (χ4n) is 2.41. The Labute approximate surface area is 133 Å². The van der Waals surface area contributed by atoms with Crippen molar-refractivity contribution in [3.63, 3.8) is 0 Å². The first-order chi connectivity index (χ1) is 10.0. The molecule has 0 saturated heterocycles. The molecule has 114 valence electrons. The summed E-state index contributed by atoms with van der Waals surface area (Å²) in [7, 11) is 0. The molecule has 6 heteroatoms. The third-order valence-electron chi connectivity index (χ3n) is 3.33. The van der Waals surface area contributed by atoms with Crippen molar-refractivity contribution in [3.05, 3.63) is 22.7 Å². The van der Waals surface area contributed by atoms with E-state index in [0.717, 1.165) is 16.6 Å². The minimum absolute atomic E-state index is 0.0616. The van der Waals surface area contributed by atoms with Crippen LogP contribution in [0.3, 0.4) is 0 Å². The van der Waals surface area contributed by atoms with Crippen molar-refractivity contribution in [3.8, 4) is 0 Å². The monoisotopic (exact) mass is 325 g/mol. The molecule has 0 radical (unpaired) electrons. The molecule has 1 heterocycles. The summed E-state index contributed by atoms with van der Waals surface area (Å²) in [5.41, 5.74) is 8.84. The van der Waals surface area contributed by atoms with Crippen molar-refractivity contribution in [1.29, 1.82) is 0 Å². The maximum absolute atomic E-state index is 12.2. The summed E-state index contributed by atoms with van der Waals surface area (Å²) in [5.74, 6) is 0.656. The van der Waals surface area contributed by atoms with Gasteiger partial charge in [-0.25, -0.2) is 4.98 Å². The standard InChI is InChI=1S/C15H20ClN3OS/c1-9(2)5-10(7-17)6-13(20)19-14-11(16)3-4-12-15(14)18-8-21-12/h3-4,8-10H,5-7,17H2,1-2H3,(H,19,20)/t10-/m0/s1. The number of hydrogen-bond donors (Lipinski definition) is 2. The molecule has 21 heavy (non-hydrogen) atoms. The molecule has 1 atom stereocenters. The van der Waals surface area contributed by atoms with Crippen LogP contribution in [0.4, 0.5) is 5.69 Å². The molecule has 1 amide bonds. The van der Waals surface area contributed by atoms with Gasteiger partial charge in [-0.3, -0.25) is 4.79 Å². The summed E-state index contributed by atoms with van der Waals surface area (Å²) in [4.78, 5) is 16.5. The third kappa shape index (κ3) is 4.15. The van der Waals surface area contributed by atoms with Crippen LogP contribution >= 0.6 is 22.9 Å². The minimum atomic E-state index is -0.0616. The third-order valence-corrected chi connectivity index (χ3v) is 4.44. The van der Waals surface area contributed by atoms with Crippen LogP contribution in [0.15, 0.2) is 17.6 Å². The Morgan fingerprint density at radius 1 is 1.48 bits per heavy atom. The van der Waals surface area contributed by atoms with Gasteiger partial charge >= 0.3 is 0 Å². The Kier molecular flexibility index (Phi) is 5.56. The number of nitrogens with two attached hydrogens (primary N) is 1. The smallest absolute Gasteiger partial charge is 0.224 e. The second-order valence-electron chi connectivity index (χ2n) is 5.61. The highest BCUT2D eigenvalue weighted by Gasteiger charge is 2.17. The number of amides is 1. The van der Waals surface area contributed by atoms with E-state index >= 15 is 0 Å². The topological polar surface area (TPSA) is 68.0 Å². The van der Waals surface area contributed by atoms with Gasteiger partial charge in [-0.15, -0.1) is 11.3 Å². The van der Waals surface area contributed by atoms with Gasteiger partial charge in [0, 0.05) is 6.42 Å². The molecule has 0 spiro atoms. The number of nitrogens with zero attached hydrogens (tertiary/aromatic N) is 1. The highest BCUT2D eigenvalue weighted by Crippen LogP contribution is 2.32. The molecule has 0 saturated carbocycles. The summed E-state index contributed by atoms with van der Waals surface area (Å²) in [5, 5.41) is 3.40. The largest absolute Gasteiger partial charge is 0.330 e. The summed E-state index contributed by atoms with van der Waals surface area (Å²) < 4.78 is 1.01. The van der Waals surface area contributed by atoms with E-state index in [4.69, 9.17) is 17.3 Å². The number of carbonyl (C=O) groups is 1. The van der Waals surface area contributed by atoms with Gasteiger partial charge in [0.15, 0.2) is 0 Å². The predicted octanol–water partition coefficient (Wildman–Crippen LogP) is 3.90. The summed E-state index contributed by atoms with van der Waals surface area (Å²) in [6.07, 6.45) is 1.35. The number of carbonyl (C=O) groups excluding carboxylic acids is 1. The van der Waals surface area contributed by atoms with Gasteiger partial charge in [-0.05, 0) is 36.9 Å². The molecule has 2 aromatic rings. The molecule has 0 fully saturated rings. The summed E-state index contributed by atoms with van der Waals surface area (Å²) in [6.45, 7) is 4.78. The first-order valence-electron chi connectivity index (χ1n) is 7.02.